The lowest BCUT2D eigenvalue weighted by Gasteiger charge is -2.77. The van der Waals surface area contributed by atoms with Gasteiger partial charge in [-0.1, -0.05) is 0 Å². The molecule has 0 N–H and O–H groups in total. The SMILES string of the molecule is FOC(F)(F)C(F)(F)OC12C(F)(F)C3(F)C(F)(F)C(OC(F)(F)C(F)(F)OF)(C1(F)F)C(F)(F)C(OC(F)(F)C(F)(F)OF)(C3(F)F)C2(F)F. The number of alkyl halides is 25. The average molecular weight is 820 g/mol. The first-order chi connectivity index (χ1) is 21.6. The van der Waals surface area contributed by atoms with Crippen LogP contribution in [-0.4, -0.2) is 94.7 Å². The van der Waals surface area contributed by atoms with Crippen LogP contribution in [0.15, 0.2) is 0 Å². The van der Waals surface area contributed by atoms with Crippen LogP contribution in [0.2, 0.25) is 0 Å². The highest BCUT2D eigenvalue weighted by Crippen LogP contribution is 2.89. The van der Waals surface area contributed by atoms with Gasteiger partial charge in [0.25, 0.3) is 16.8 Å². The molecule has 4 saturated carbocycles. The van der Waals surface area contributed by atoms with Crippen molar-refractivity contribution >= 4 is 0 Å². The maximum atomic E-state index is 15.7. The Kier molecular flexibility index (Phi) is 8.32. The van der Waals surface area contributed by atoms with E-state index in [9.17, 15) is 66.3 Å². The summed E-state index contributed by atoms with van der Waals surface area (Å²) in [6.45, 7) is 0. The fourth-order valence-electron chi connectivity index (χ4n) is 5.30. The summed E-state index contributed by atoms with van der Waals surface area (Å²) in [5, 5.41) is 0. The lowest BCUT2D eigenvalue weighted by atomic mass is 9.38. The number of ether oxygens (including phenoxy) is 3. The predicted molar refractivity (Wildman–Crippen MR) is 81.2 cm³/mol. The van der Waals surface area contributed by atoms with Gasteiger partial charge in [0, 0.05) is 0 Å². The third-order valence-corrected chi connectivity index (χ3v) is 7.43. The molecule has 0 amide bonds. The number of hydrogen-bond acceptors (Lipinski definition) is 6. The maximum absolute atomic E-state index is 15.7. The van der Waals surface area contributed by atoms with Crippen LogP contribution in [0.5, 0.6) is 0 Å². The molecule has 0 radical (unpaired) electrons. The highest BCUT2D eigenvalue weighted by molar-refractivity contribution is 5.55. The minimum absolute atomic E-state index is 0.900. The summed E-state index contributed by atoms with van der Waals surface area (Å²) < 4.78 is 406. The molecule has 0 aromatic heterocycles. The first kappa shape index (κ1) is 42.2. The van der Waals surface area contributed by atoms with E-state index in [2.05, 4.69) is 0 Å². The molecule has 0 unspecified atom stereocenters. The van der Waals surface area contributed by atoms with Gasteiger partial charge in [-0.25, -0.2) is 4.39 Å². The summed E-state index contributed by atoms with van der Waals surface area (Å²) in [4.78, 5) is 2.70. The Labute approximate surface area is 248 Å². The van der Waals surface area contributed by atoms with Crippen LogP contribution >= 0.6 is 0 Å². The van der Waals surface area contributed by atoms with Crippen molar-refractivity contribution in [1.29, 1.82) is 0 Å². The van der Waals surface area contributed by atoms with Crippen molar-refractivity contribution in [3.63, 3.8) is 0 Å². The van der Waals surface area contributed by atoms with Gasteiger partial charge < -0.3 is 0 Å². The van der Waals surface area contributed by atoms with Crippen LogP contribution in [0.25, 0.3) is 0 Å². The van der Waals surface area contributed by atoms with Gasteiger partial charge in [0.1, 0.15) is 0 Å². The van der Waals surface area contributed by atoms with Crippen LogP contribution < -0.4 is 0 Å². The molecule has 4 fully saturated rings. The zero-order valence-corrected chi connectivity index (χ0v) is 21.0. The Morgan fingerprint density at radius 3 is 0.560 bits per heavy atom. The van der Waals surface area contributed by atoms with Gasteiger partial charge in [0.05, 0.1) is 0 Å². The van der Waals surface area contributed by atoms with Crippen molar-refractivity contribution in [2.75, 3.05) is 0 Å². The van der Waals surface area contributed by atoms with Gasteiger partial charge in [0.2, 0.25) is 0 Å². The quantitative estimate of drug-likeness (QED) is 0.186. The molecular formula is C16F28O6. The van der Waals surface area contributed by atoms with Crippen molar-refractivity contribution in [3.05, 3.63) is 0 Å². The summed E-state index contributed by atoms with van der Waals surface area (Å²) in [5.74, 6) is -56.9. The molecule has 34 heteroatoms. The molecule has 0 heterocycles. The van der Waals surface area contributed by atoms with Crippen molar-refractivity contribution < 1.29 is 152 Å². The lowest BCUT2D eigenvalue weighted by Crippen LogP contribution is -3.12. The van der Waals surface area contributed by atoms with Crippen molar-refractivity contribution in [2.24, 2.45) is 0 Å². The topological polar surface area (TPSA) is 55.4 Å². The number of halogens is 28. The van der Waals surface area contributed by atoms with E-state index in [1.54, 1.807) is 0 Å². The van der Waals surface area contributed by atoms with Gasteiger partial charge in [-0.05, 0) is 13.6 Å². The highest BCUT2D eigenvalue weighted by atomic mass is 19.4. The fourth-order valence-corrected chi connectivity index (χ4v) is 5.30. The van der Waals surface area contributed by atoms with Crippen LogP contribution in [0, 0.1) is 0 Å². The van der Waals surface area contributed by atoms with Crippen LogP contribution in [-0.2, 0) is 29.0 Å². The van der Waals surface area contributed by atoms with Gasteiger partial charge in [-0.3, -0.25) is 14.2 Å². The van der Waals surface area contributed by atoms with E-state index in [4.69, 9.17) is 0 Å². The second-order valence-electron chi connectivity index (χ2n) is 9.79. The first-order valence-electron chi connectivity index (χ1n) is 10.8. The Hall–Kier alpha value is -2.20. The lowest BCUT2D eigenvalue weighted by molar-refractivity contribution is -0.681. The highest BCUT2D eigenvalue weighted by Gasteiger charge is 3.24. The summed E-state index contributed by atoms with van der Waals surface area (Å²) in [7, 11) is 0. The molecule has 0 aromatic rings. The number of rotatable bonds is 12. The third-order valence-electron chi connectivity index (χ3n) is 7.43. The molecule has 296 valence electrons. The predicted octanol–water partition coefficient (Wildman–Crippen LogP) is 8.07. The standard InChI is InChI=1S/C16F28O6/c17-1-5(18,19)2(45-11(30,31)14(36,37)48-42)8(24,25)3(6(1,20)21,46-12(32,33)15(38,39)49-43)10(28,29)4(7(1,22)23,9(2,26)27)47-13(34,35)16(40,41)50-44. The van der Waals surface area contributed by atoms with Crippen molar-refractivity contribution in [3.8, 4) is 0 Å². The zero-order chi connectivity index (χ0) is 40.2. The molecule has 4 aliphatic rings. The van der Waals surface area contributed by atoms with Crippen LogP contribution in [0.4, 0.5) is 123 Å². The summed E-state index contributed by atoms with van der Waals surface area (Å²) in [6, 6.07) is 0. The smallest absolute Gasteiger partial charge is 0.287 e. The second kappa shape index (κ2) is 9.86. The van der Waals surface area contributed by atoms with Gasteiger partial charge >= 0.3 is 77.9 Å². The molecule has 0 saturated heterocycles. The fraction of sp³-hybridized carbons (Fsp3) is 1.00. The van der Waals surface area contributed by atoms with Crippen LogP contribution in [0.3, 0.4) is 0 Å². The van der Waals surface area contributed by atoms with Crippen molar-refractivity contribution in [2.45, 2.75) is 94.7 Å². The largest absolute Gasteiger partial charge is 0.478 e. The normalized spacial score (nSPS) is 35.8. The average Bonchev–Trinajstić information content (AvgIpc) is 2.93. The molecule has 4 rings (SSSR count). The third kappa shape index (κ3) is 3.60. The molecule has 4 aliphatic carbocycles. The van der Waals surface area contributed by atoms with Gasteiger partial charge in [-0.15, -0.1) is 14.8 Å². The number of hydrogen-bond donors (Lipinski definition) is 0. The molecule has 0 aromatic carbocycles. The second-order valence-corrected chi connectivity index (χ2v) is 9.79. The molecular weight excluding hydrogens is 820 g/mol. The Balaban J connectivity index is 2.87. The monoisotopic (exact) mass is 820 g/mol. The summed E-state index contributed by atoms with van der Waals surface area (Å²) in [6.07, 6.45) is -49.5. The molecule has 6 nitrogen and oxygen atoms in total. The van der Waals surface area contributed by atoms with Crippen LogP contribution in [0.1, 0.15) is 0 Å². The zero-order valence-electron chi connectivity index (χ0n) is 21.0. The Bertz CT molecular complexity index is 1200. The molecule has 50 heavy (non-hydrogen) atoms. The van der Waals surface area contributed by atoms with E-state index in [0.717, 1.165) is 14.8 Å². The van der Waals surface area contributed by atoms with E-state index >= 15 is 57.1 Å². The Morgan fingerprint density at radius 2 is 0.420 bits per heavy atom. The minimum atomic E-state index is -9.57. The summed E-state index contributed by atoms with van der Waals surface area (Å²) >= 11 is 0. The minimum Gasteiger partial charge on any atom is -0.287 e. The molecule has 4 bridgehead atoms. The van der Waals surface area contributed by atoms with Gasteiger partial charge in [0.15, 0.2) is 0 Å². The van der Waals surface area contributed by atoms with E-state index in [0.29, 0.717) is 0 Å². The first-order valence-corrected chi connectivity index (χ1v) is 10.8. The van der Waals surface area contributed by atoms with Gasteiger partial charge in [-0.2, -0.15) is 105 Å². The van der Waals surface area contributed by atoms with E-state index < -0.39 is 94.7 Å². The molecule has 0 atom stereocenters. The van der Waals surface area contributed by atoms with E-state index in [1.807, 2.05) is 0 Å². The van der Waals surface area contributed by atoms with E-state index in [1.165, 1.54) is 14.2 Å². The molecule has 0 aliphatic heterocycles. The molecule has 0 spiro atoms. The van der Waals surface area contributed by atoms with E-state index in [-0.39, 0.29) is 0 Å². The van der Waals surface area contributed by atoms with Crippen molar-refractivity contribution in [1.82, 2.24) is 0 Å². The maximum Gasteiger partial charge on any atom is 0.478 e. The summed E-state index contributed by atoms with van der Waals surface area (Å²) in [5.41, 5.74) is -37.6. The Morgan fingerprint density at radius 1 is 0.260 bits per heavy atom.